The summed E-state index contributed by atoms with van der Waals surface area (Å²) in [4.78, 5) is 20.0. The minimum atomic E-state index is -0.154. The molecule has 0 saturated heterocycles. The summed E-state index contributed by atoms with van der Waals surface area (Å²) in [6.07, 6.45) is 5.69. The molecule has 0 radical (unpaired) electrons. The molecule has 0 bridgehead atoms. The third kappa shape index (κ3) is 3.41. The van der Waals surface area contributed by atoms with Gasteiger partial charge in [-0.1, -0.05) is 23.8 Å². The van der Waals surface area contributed by atoms with Gasteiger partial charge in [-0.15, -0.1) is 21.5 Å². The molecule has 2 aliphatic carbocycles. The predicted molar refractivity (Wildman–Crippen MR) is 120 cm³/mol. The zero-order valence-corrected chi connectivity index (χ0v) is 19.0. The Morgan fingerprint density at radius 2 is 2.23 bits per heavy atom. The monoisotopic (exact) mass is 454 g/mol. The summed E-state index contributed by atoms with van der Waals surface area (Å²) in [5.41, 5.74) is 2.30. The Morgan fingerprint density at radius 3 is 3.00 bits per heavy atom. The molecule has 0 aliphatic heterocycles. The van der Waals surface area contributed by atoms with E-state index in [1.807, 2.05) is 11.3 Å². The Morgan fingerprint density at radius 1 is 1.35 bits per heavy atom. The van der Waals surface area contributed by atoms with Crippen LogP contribution in [0.1, 0.15) is 54.1 Å². The van der Waals surface area contributed by atoms with Crippen LogP contribution in [0.2, 0.25) is 0 Å². The summed E-state index contributed by atoms with van der Waals surface area (Å²) in [5.74, 6) is 3.35. The molecule has 1 N–H and O–H groups in total. The maximum Gasteiger partial charge on any atom is 0.236 e. The molecule has 6 rings (SSSR count). The summed E-state index contributed by atoms with van der Waals surface area (Å²) in [6.45, 7) is 4.11. The zero-order chi connectivity index (χ0) is 21.1. The van der Waals surface area contributed by atoms with Gasteiger partial charge >= 0.3 is 0 Å². The minimum Gasteiger partial charge on any atom is -0.360 e. The van der Waals surface area contributed by atoms with Crippen molar-refractivity contribution in [2.24, 2.45) is 5.92 Å². The van der Waals surface area contributed by atoms with Crippen LogP contribution >= 0.6 is 23.1 Å². The average Bonchev–Trinajstić information content (AvgIpc) is 3.21. The average molecular weight is 455 g/mol. The van der Waals surface area contributed by atoms with Crippen LogP contribution in [0.3, 0.4) is 0 Å². The first kappa shape index (κ1) is 19.2. The van der Waals surface area contributed by atoms with Crippen molar-refractivity contribution in [2.45, 2.75) is 57.0 Å². The minimum absolute atomic E-state index is 0.154. The molecule has 4 aromatic heterocycles. The standard InChI is InChI=1S/C21H22N6O2S2/c1-10-3-6-13-14(7-10)31-20-17(13)19-24-25-21(27(19)18(23-20)12-4-5-12)30-9-16(28)22-15-8-11(2)29-26-15/h8,10,12H,3-7,9H2,1-2H3,(H,22,26,28). The quantitative estimate of drug-likeness (QED) is 0.447. The molecule has 160 valence electrons. The van der Waals surface area contributed by atoms with Crippen LogP contribution in [0.5, 0.6) is 0 Å². The number of carbonyl (C=O) groups excluding carboxylic acids is 1. The Labute approximate surface area is 186 Å². The second-order valence-electron chi connectivity index (χ2n) is 8.58. The first-order chi connectivity index (χ1) is 15.1. The van der Waals surface area contributed by atoms with Crippen LogP contribution in [0.15, 0.2) is 15.7 Å². The molecule has 4 heterocycles. The molecule has 1 fully saturated rings. The van der Waals surface area contributed by atoms with Crippen molar-refractivity contribution in [2.75, 3.05) is 11.1 Å². The molecule has 1 amide bonds. The molecule has 4 aromatic rings. The van der Waals surface area contributed by atoms with Crippen LogP contribution in [-0.2, 0) is 17.6 Å². The topological polar surface area (TPSA) is 98.2 Å². The van der Waals surface area contributed by atoms with E-state index in [2.05, 4.69) is 32.0 Å². The second kappa shape index (κ2) is 7.30. The number of rotatable bonds is 5. The van der Waals surface area contributed by atoms with E-state index in [9.17, 15) is 4.79 Å². The number of fused-ring (bicyclic) bond motifs is 5. The van der Waals surface area contributed by atoms with E-state index in [1.54, 1.807) is 13.0 Å². The van der Waals surface area contributed by atoms with Gasteiger partial charge in [0.2, 0.25) is 5.91 Å². The fourth-order valence-electron chi connectivity index (χ4n) is 4.28. The van der Waals surface area contributed by atoms with Gasteiger partial charge in [-0.25, -0.2) is 4.98 Å². The molecule has 10 heteroatoms. The highest BCUT2D eigenvalue weighted by Gasteiger charge is 2.32. The van der Waals surface area contributed by atoms with Gasteiger partial charge in [0.1, 0.15) is 16.4 Å². The van der Waals surface area contributed by atoms with Crippen molar-refractivity contribution in [3.63, 3.8) is 0 Å². The number of carbonyl (C=O) groups is 1. The van der Waals surface area contributed by atoms with Gasteiger partial charge in [0.05, 0.1) is 11.1 Å². The predicted octanol–water partition coefficient (Wildman–Crippen LogP) is 4.37. The maximum absolute atomic E-state index is 12.4. The first-order valence-electron chi connectivity index (χ1n) is 10.6. The maximum atomic E-state index is 12.4. The number of aryl methyl sites for hydroxylation is 2. The lowest BCUT2D eigenvalue weighted by Gasteiger charge is -2.17. The molecule has 31 heavy (non-hydrogen) atoms. The summed E-state index contributed by atoms with van der Waals surface area (Å²) < 4.78 is 7.10. The molecule has 1 unspecified atom stereocenters. The lowest BCUT2D eigenvalue weighted by atomic mass is 9.89. The number of hydrogen-bond donors (Lipinski definition) is 1. The van der Waals surface area contributed by atoms with E-state index in [4.69, 9.17) is 9.51 Å². The Balaban J connectivity index is 1.36. The van der Waals surface area contributed by atoms with Crippen LogP contribution in [-0.4, -0.2) is 36.4 Å². The van der Waals surface area contributed by atoms with E-state index in [0.29, 0.717) is 17.5 Å². The molecule has 1 saturated carbocycles. The fourth-order valence-corrected chi connectivity index (χ4v) is 6.41. The lowest BCUT2D eigenvalue weighted by molar-refractivity contribution is -0.113. The van der Waals surface area contributed by atoms with Gasteiger partial charge in [-0.2, -0.15) is 0 Å². The summed E-state index contributed by atoms with van der Waals surface area (Å²) in [5, 5.41) is 17.5. The normalized spacial score (nSPS) is 18.6. The number of amides is 1. The van der Waals surface area contributed by atoms with Crippen molar-refractivity contribution < 1.29 is 9.32 Å². The Hall–Kier alpha value is -2.46. The molecule has 0 spiro atoms. The first-order valence-corrected chi connectivity index (χ1v) is 12.4. The van der Waals surface area contributed by atoms with Gasteiger partial charge in [-0.05, 0) is 50.5 Å². The van der Waals surface area contributed by atoms with Gasteiger partial charge in [0.15, 0.2) is 16.6 Å². The van der Waals surface area contributed by atoms with Crippen molar-refractivity contribution >= 4 is 50.7 Å². The van der Waals surface area contributed by atoms with Crippen molar-refractivity contribution in [1.29, 1.82) is 0 Å². The largest absolute Gasteiger partial charge is 0.360 e. The second-order valence-corrected chi connectivity index (χ2v) is 10.6. The van der Waals surface area contributed by atoms with E-state index >= 15 is 0 Å². The van der Waals surface area contributed by atoms with Crippen LogP contribution in [0, 0.1) is 12.8 Å². The number of aromatic nitrogens is 5. The zero-order valence-electron chi connectivity index (χ0n) is 17.3. The summed E-state index contributed by atoms with van der Waals surface area (Å²) >= 11 is 3.21. The number of nitrogens with one attached hydrogen (secondary N) is 1. The fraction of sp³-hybridized carbons (Fsp3) is 0.476. The van der Waals surface area contributed by atoms with Crippen LogP contribution in [0.25, 0.3) is 15.9 Å². The van der Waals surface area contributed by atoms with E-state index < -0.39 is 0 Å². The van der Waals surface area contributed by atoms with Gasteiger partial charge in [0, 0.05) is 16.9 Å². The van der Waals surface area contributed by atoms with Crippen LogP contribution in [0.4, 0.5) is 5.82 Å². The molecule has 8 nitrogen and oxygen atoms in total. The molecule has 0 aromatic carbocycles. The smallest absolute Gasteiger partial charge is 0.236 e. The number of thioether (sulfide) groups is 1. The summed E-state index contributed by atoms with van der Waals surface area (Å²) in [6, 6.07) is 1.70. The molecule has 1 atom stereocenters. The van der Waals surface area contributed by atoms with Gasteiger partial charge < -0.3 is 9.84 Å². The highest BCUT2D eigenvalue weighted by atomic mass is 32.2. The highest BCUT2D eigenvalue weighted by Crippen LogP contribution is 2.44. The van der Waals surface area contributed by atoms with Gasteiger partial charge in [-0.3, -0.25) is 9.20 Å². The third-order valence-corrected chi connectivity index (χ3v) is 8.04. The molecule has 2 aliphatic rings. The molecular formula is C21H22N6O2S2. The number of thiophene rings is 1. The van der Waals surface area contributed by atoms with E-state index in [1.165, 1.54) is 28.6 Å². The van der Waals surface area contributed by atoms with E-state index in [0.717, 1.165) is 58.4 Å². The van der Waals surface area contributed by atoms with E-state index in [-0.39, 0.29) is 11.7 Å². The van der Waals surface area contributed by atoms with Crippen LogP contribution < -0.4 is 5.32 Å². The highest BCUT2D eigenvalue weighted by molar-refractivity contribution is 7.99. The van der Waals surface area contributed by atoms with Crippen molar-refractivity contribution in [3.8, 4) is 0 Å². The number of hydrogen-bond acceptors (Lipinski definition) is 8. The summed E-state index contributed by atoms with van der Waals surface area (Å²) in [7, 11) is 0. The number of anilines is 1. The van der Waals surface area contributed by atoms with Crippen molar-refractivity contribution in [1.82, 2.24) is 24.7 Å². The molecular weight excluding hydrogens is 432 g/mol. The van der Waals surface area contributed by atoms with Crippen molar-refractivity contribution in [3.05, 3.63) is 28.1 Å². The van der Waals surface area contributed by atoms with Gasteiger partial charge in [0.25, 0.3) is 0 Å². The lowest BCUT2D eigenvalue weighted by Crippen LogP contribution is -2.14. The SMILES string of the molecule is Cc1cc(NC(=O)CSc2nnc3c4c5c(sc4nc(C4CC4)n23)CC(C)CC5)no1. The third-order valence-electron chi connectivity index (χ3n) is 5.97. The Kier molecular flexibility index (Phi) is 4.53. The number of nitrogens with zero attached hydrogens (tertiary/aromatic N) is 5. The Bertz CT molecular complexity index is 1320.